The molecule has 0 atom stereocenters. The summed E-state index contributed by atoms with van der Waals surface area (Å²) in [6.07, 6.45) is 2.07. The zero-order valence-electron chi connectivity index (χ0n) is 19.7. The number of hydrogen-bond acceptors (Lipinski definition) is 5. The molecule has 0 spiro atoms. The molecule has 174 valence electrons. The van der Waals surface area contributed by atoms with Crippen molar-refractivity contribution >= 4 is 17.5 Å². The van der Waals surface area contributed by atoms with Crippen molar-refractivity contribution in [3.05, 3.63) is 82.8 Å². The Labute approximate surface area is 196 Å². The van der Waals surface area contributed by atoms with Gasteiger partial charge in [-0.25, -0.2) is 4.85 Å². The van der Waals surface area contributed by atoms with Crippen LogP contribution in [0.3, 0.4) is 0 Å². The molecule has 2 aromatic rings. The molecule has 0 aliphatic carbocycles. The molecular weight excluding hydrogens is 418 g/mol. The molecule has 0 aliphatic rings. The van der Waals surface area contributed by atoms with Crippen LogP contribution in [0.25, 0.3) is 10.4 Å². The fourth-order valence-electron chi connectivity index (χ4n) is 3.05. The normalized spacial score (nSPS) is 11.7. The van der Waals surface area contributed by atoms with Gasteiger partial charge in [0.25, 0.3) is 5.70 Å². The predicted molar refractivity (Wildman–Crippen MR) is 127 cm³/mol. The topological polar surface area (TPSA) is 66.2 Å². The molecule has 6 nitrogen and oxygen atoms in total. The number of unbranched alkanes of at least 4 members (excludes halogenated alkanes) is 1. The number of ether oxygens (including phenoxy) is 3. The van der Waals surface area contributed by atoms with Gasteiger partial charge in [-0.2, -0.15) is 0 Å². The van der Waals surface area contributed by atoms with Crippen LogP contribution in [-0.4, -0.2) is 32.3 Å². The average Bonchev–Trinajstić information content (AvgIpc) is 2.84. The molecular formula is C27H31NO5. The first-order chi connectivity index (χ1) is 15.8. The number of rotatable bonds is 11. The molecule has 0 bridgehead atoms. The van der Waals surface area contributed by atoms with Gasteiger partial charge in [-0.1, -0.05) is 69.7 Å². The summed E-state index contributed by atoms with van der Waals surface area (Å²) in [4.78, 5) is 28.3. The second kappa shape index (κ2) is 12.4. The summed E-state index contributed by atoms with van der Waals surface area (Å²) in [7, 11) is 1.58. The third kappa shape index (κ3) is 7.80. The SMILES string of the molecule is [C-]#[N+]C(C(=O)OCC(C)(C)COC(=O)CCCC)=C(c1ccccc1)c1ccc(OC)cc1. The van der Waals surface area contributed by atoms with Crippen LogP contribution in [0.5, 0.6) is 5.75 Å². The van der Waals surface area contributed by atoms with Gasteiger partial charge in [-0.05, 0) is 29.7 Å². The van der Waals surface area contributed by atoms with Crippen molar-refractivity contribution in [2.24, 2.45) is 5.41 Å². The fraction of sp³-hybridized carbons (Fsp3) is 0.370. The van der Waals surface area contributed by atoms with Gasteiger partial charge in [0.2, 0.25) is 0 Å². The molecule has 0 aliphatic heterocycles. The quantitative estimate of drug-likeness (QED) is 0.251. The number of hydrogen-bond donors (Lipinski definition) is 0. The van der Waals surface area contributed by atoms with Gasteiger partial charge < -0.3 is 14.2 Å². The molecule has 0 N–H and O–H groups in total. The molecule has 0 heterocycles. The standard InChI is InChI=1S/C27H31NO5/c1-6-7-13-23(29)32-18-27(2,3)19-33-26(30)25(28-4)24(20-11-9-8-10-12-20)21-14-16-22(31-5)17-15-21/h8-12,14-17H,6-7,13,18-19H2,1-3,5H3. The number of benzene rings is 2. The molecule has 0 unspecified atom stereocenters. The summed E-state index contributed by atoms with van der Waals surface area (Å²) in [5, 5.41) is 0. The highest BCUT2D eigenvalue weighted by molar-refractivity contribution is 6.03. The van der Waals surface area contributed by atoms with Crippen molar-refractivity contribution in [3.63, 3.8) is 0 Å². The Morgan fingerprint density at radius 3 is 2.12 bits per heavy atom. The summed E-state index contributed by atoms with van der Waals surface area (Å²) in [5.74, 6) is -0.303. The van der Waals surface area contributed by atoms with Crippen molar-refractivity contribution in [2.75, 3.05) is 20.3 Å². The summed E-state index contributed by atoms with van der Waals surface area (Å²) in [6.45, 7) is 13.5. The van der Waals surface area contributed by atoms with Crippen molar-refractivity contribution in [2.45, 2.75) is 40.0 Å². The highest BCUT2D eigenvalue weighted by atomic mass is 16.5. The molecule has 0 saturated heterocycles. The summed E-state index contributed by atoms with van der Waals surface area (Å²) >= 11 is 0. The van der Waals surface area contributed by atoms with Crippen LogP contribution in [0.2, 0.25) is 0 Å². The van der Waals surface area contributed by atoms with Gasteiger partial charge in [-0.15, -0.1) is 0 Å². The minimum Gasteiger partial charge on any atom is -0.497 e. The fourth-order valence-corrected chi connectivity index (χ4v) is 3.05. The molecule has 0 saturated carbocycles. The Morgan fingerprint density at radius 1 is 0.939 bits per heavy atom. The van der Waals surface area contributed by atoms with E-state index in [2.05, 4.69) is 4.85 Å². The van der Waals surface area contributed by atoms with Gasteiger partial charge in [-0.3, -0.25) is 9.59 Å². The first-order valence-electron chi connectivity index (χ1n) is 11.0. The van der Waals surface area contributed by atoms with E-state index in [9.17, 15) is 9.59 Å². The molecule has 6 heteroatoms. The lowest BCUT2D eigenvalue weighted by molar-refractivity contribution is -0.150. The maximum Gasteiger partial charge on any atom is 0.336 e. The van der Waals surface area contributed by atoms with Crippen LogP contribution in [0.4, 0.5) is 0 Å². The second-order valence-corrected chi connectivity index (χ2v) is 8.43. The molecule has 33 heavy (non-hydrogen) atoms. The molecule has 0 aromatic heterocycles. The summed E-state index contributed by atoms with van der Waals surface area (Å²) in [5.41, 5.74) is 1.23. The molecule has 2 rings (SSSR count). The Bertz CT molecular complexity index is 1000. The monoisotopic (exact) mass is 449 g/mol. The zero-order valence-corrected chi connectivity index (χ0v) is 19.7. The van der Waals surface area contributed by atoms with Crippen LogP contribution in [-0.2, 0) is 19.1 Å². The minimum absolute atomic E-state index is 0.0105. The van der Waals surface area contributed by atoms with Crippen LogP contribution in [0.15, 0.2) is 60.3 Å². The second-order valence-electron chi connectivity index (χ2n) is 8.43. The number of esters is 2. The number of carbonyl (C=O) groups excluding carboxylic acids is 2. The van der Waals surface area contributed by atoms with E-state index in [4.69, 9.17) is 20.8 Å². The Balaban J connectivity index is 2.24. The highest BCUT2D eigenvalue weighted by Crippen LogP contribution is 2.30. The number of methoxy groups -OCH3 is 1. The summed E-state index contributed by atoms with van der Waals surface area (Å²) in [6, 6.07) is 16.4. The van der Waals surface area contributed by atoms with E-state index in [1.54, 1.807) is 31.4 Å². The van der Waals surface area contributed by atoms with E-state index in [1.165, 1.54) is 0 Å². The number of carbonyl (C=O) groups is 2. The smallest absolute Gasteiger partial charge is 0.336 e. The largest absolute Gasteiger partial charge is 0.497 e. The molecule has 0 radical (unpaired) electrons. The van der Waals surface area contributed by atoms with E-state index in [1.807, 2.05) is 51.1 Å². The molecule has 2 aromatic carbocycles. The van der Waals surface area contributed by atoms with Gasteiger partial charge in [0.1, 0.15) is 5.75 Å². The van der Waals surface area contributed by atoms with E-state index in [0.717, 1.165) is 18.4 Å². The van der Waals surface area contributed by atoms with Crippen molar-refractivity contribution in [3.8, 4) is 5.75 Å². The third-order valence-corrected chi connectivity index (χ3v) is 4.94. The maximum absolute atomic E-state index is 13.0. The van der Waals surface area contributed by atoms with E-state index in [0.29, 0.717) is 23.3 Å². The Kier molecular flexibility index (Phi) is 9.68. The number of nitrogens with zero attached hydrogens (tertiary/aromatic N) is 1. The van der Waals surface area contributed by atoms with Crippen LogP contribution in [0.1, 0.15) is 51.2 Å². The van der Waals surface area contributed by atoms with Gasteiger partial charge in [0, 0.05) is 17.4 Å². The van der Waals surface area contributed by atoms with Crippen LogP contribution < -0.4 is 4.74 Å². The maximum atomic E-state index is 13.0. The Morgan fingerprint density at radius 2 is 1.55 bits per heavy atom. The summed E-state index contributed by atoms with van der Waals surface area (Å²) < 4.78 is 16.1. The van der Waals surface area contributed by atoms with Gasteiger partial charge >= 0.3 is 11.9 Å². The average molecular weight is 450 g/mol. The lowest BCUT2D eigenvalue weighted by Crippen LogP contribution is -2.29. The van der Waals surface area contributed by atoms with Crippen LogP contribution in [0, 0.1) is 12.0 Å². The predicted octanol–water partition coefficient (Wildman–Crippen LogP) is 5.68. The highest BCUT2D eigenvalue weighted by Gasteiger charge is 2.26. The third-order valence-electron chi connectivity index (χ3n) is 4.94. The van der Waals surface area contributed by atoms with Crippen molar-refractivity contribution in [1.29, 1.82) is 0 Å². The van der Waals surface area contributed by atoms with E-state index in [-0.39, 0.29) is 24.9 Å². The molecule has 0 amide bonds. The van der Waals surface area contributed by atoms with E-state index < -0.39 is 11.4 Å². The zero-order chi connectivity index (χ0) is 24.3. The minimum atomic E-state index is -0.718. The first-order valence-corrected chi connectivity index (χ1v) is 11.0. The molecule has 0 fully saturated rings. The lowest BCUT2D eigenvalue weighted by Gasteiger charge is -2.24. The van der Waals surface area contributed by atoms with Crippen molar-refractivity contribution in [1.82, 2.24) is 0 Å². The van der Waals surface area contributed by atoms with Crippen molar-refractivity contribution < 1.29 is 23.8 Å². The Hall–Kier alpha value is -3.59. The van der Waals surface area contributed by atoms with Crippen LogP contribution >= 0.6 is 0 Å². The van der Waals surface area contributed by atoms with Gasteiger partial charge in [0.15, 0.2) is 0 Å². The van der Waals surface area contributed by atoms with E-state index >= 15 is 0 Å². The lowest BCUT2D eigenvalue weighted by atomic mass is 9.95. The first kappa shape index (κ1) is 25.7. The van der Waals surface area contributed by atoms with Gasteiger partial charge in [0.05, 0.1) is 26.9 Å².